The zero-order valence-corrected chi connectivity index (χ0v) is 23.3. The summed E-state index contributed by atoms with van der Waals surface area (Å²) in [4.78, 5) is 63.8. The lowest BCUT2D eigenvalue weighted by molar-refractivity contribution is -0.769. The number of para-hydroxylation sites is 1. The number of primary amides is 2. The average molecular weight is 598 g/mol. The fraction of sp³-hybridized carbons (Fsp3) is 0.194. The van der Waals surface area contributed by atoms with Crippen molar-refractivity contribution in [3.63, 3.8) is 0 Å². The Kier molecular flexibility index (Phi) is 7.02. The average Bonchev–Trinajstić information content (AvgIpc) is 3.67. The van der Waals surface area contributed by atoms with Crippen LogP contribution in [0.1, 0.15) is 23.5 Å². The van der Waals surface area contributed by atoms with E-state index in [4.69, 9.17) is 16.2 Å². The van der Waals surface area contributed by atoms with Crippen molar-refractivity contribution in [1.82, 2.24) is 9.88 Å². The second-order valence-corrected chi connectivity index (χ2v) is 10.8. The molecule has 7 N–H and O–H groups in total. The van der Waals surface area contributed by atoms with Gasteiger partial charge in [-0.15, -0.1) is 4.48 Å². The van der Waals surface area contributed by atoms with E-state index in [1.54, 1.807) is 24.3 Å². The lowest BCUT2D eigenvalue weighted by Gasteiger charge is -2.30. The predicted octanol–water partition coefficient (Wildman–Crippen LogP) is 3.76. The van der Waals surface area contributed by atoms with Crippen molar-refractivity contribution in [2.75, 3.05) is 18.5 Å². The number of urea groups is 2. The second kappa shape index (κ2) is 10.9. The topological polar surface area (TPSA) is 196 Å². The quantitative estimate of drug-likeness (QED) is 0.216. The minimum atomic E-state index is -1.60. The number of aromatic nitrogens is 1. The highest BCUT2D eigenvalue weighted by atomic mass is 16.5. The number of carboxylic acid groups (broad SMARTS) is 1. The van der Waals surface area contributed by atoms with Gasteiger partial charge in [-0.3, -0.25) is 9.88 Å². The number of fused-ring (bicyclic) bond motifs is 4. The molecule has 6 amide bonds. The Labute approximate surface area is 250 Å². The van der Waals surface area contributed by atoms with Gasteiger partial charge in [0.2, 0.25) is 6.04 Å². The van der Waals surface area contributed by atoms with Crippen LogP contribution in [0.25, 0.3) is 22.0 Å². The summed E-state index contributed by atoms with van der Waals surface area (Å²) in [6.07, 6.45) is 0.190. The zero-order chi connectivity index (χ0) is 31.2. The summed E-state index contributed by atoms with van der Waals surface area (Å²) in [6, 6.07) is 16.7. The molecule has 6 rings (SSSR count). The highest BCUT2D eigenvalue weighted by molar-refractivity contribution is 6.05. The number of aliphatic carboxylic acids is 1. The molecule has 1 fully saturated rings. The van der Waals surface area contributed by atoms with E-state index < -0.39 is 53.3 Å². The van der Waals surface area contributed by atoms with Crippen molar-refractivity contribution in [1.29, 1.82) is 0 Å². The third-order valence-corrected chi connectivity index (χ3v) is 8.45. The molecule has 4 aromatic rings. The van der Waals surface area contributed by atoms with Crippen LogP contribution in [0.4, 0.5) is 24.9 Å². The Hall–Kier alpha value is -5.69. The SMILES string of the molecule is NC(=O)n1cc(NC(=O)[N@+]2(C(N)=O)C[C@@H](NC(=O)OCC3c4ccccc4-c4ccccc43)C[C@H]2C(=O)O)c2ccccc21. The summed E-state index contributed by atoms with van der Waals surface area (Å²) in [7, 11) is 0. The summed E-state index contributed by atoms with van der Waals surface area (Å²) < 4.78 is 5.38. The molecule has 3 aromatic carbocycles. The zero-order valence-electron chi connectivity index (χ0n) is 23.3. The number of hydrogen-bond donors (Lipinski definition) is 5. The first kappa shape index (κ1) is 28.4. The number of carboxylic acids is 1. The number of likely N-dealkylation sites (tertiary alicyclic amines) is 1. The maximum absolute atomic E-state index is 13.7. The van der Waals surface area contributed by atoms with E-state index >= 15 is 0 Å². The highest BCUT2D eigenvalue weighted by Crippen LogP contribution is 2.44. The molecule has 0 radical (unpaired) electrons. The van der Waals surface area contributed by atoms with Crippen LogP contribution in [-0.2, 0) is 9.53 Å². The van der Waals surface area contributed by atoms with Crippen molar-refractivity contribution in [2.45, 2.75) is 24.4 Å². The van der Waals surface area contributed by atoms with E-state index in [1.165, 1.54) is 6.20 Å². The maximum Gasteiger partial charge on any atom is 0.430 e. The minimum Gasteiger partial charge on any atom is -0.477 e. The predicted molar refractivity (Wildman–Crippen MR) is 159 cm³/mol. The van der Waals surface area contributed by atoms with Crippen molar-refractivity contribution in [3.05, 3.63) is 90.1 Å². The van der Waals surface area contributed by atoms with Gasteiger partial charge in [-0.25, -0.2) is 24.0 Å². The molecule has 0 spiro atoms. The minimum absolute atomic E-state index is 0.0230. The van der Waals surface area contributed by atoms with E-state index in [0.717, 1.165) is 26.8 Å². The third kappa shape index (κ3) is 4.59. The maximum atomic E-state index is 13.7. The number of ether oxygens (including phenoxy) is 1. The number of anilines is 1. The number of nitrogens with two attached hydrogens (primary N) is 2. The Morgan fingerprint density at radius 3 is 2.14 bits per heavy atom. The van der Waals surface area contributed by atoms with Gasteiger partial charge < -0.3 is 26.6 Å². The van der Waals surface area contributed by atoms with Crippen LogP contribution in [0, 0.1) is 0 Å². The first-order valence-corrected chi connectivity index (χ1v) is 13.8. The van der Waals surface area contributed by atoms with Crippen LogP contribution in [0.5, 0.6) is 0 Å². The fourth-order valence-corrected chi connectivity index (χ4v) is 6.44. The number of carbonyl (C=O) groups excluding carboxylic acids is 4. The fourth-order valence-electron chi connectivity index (χ4n) is 6.44. The molecule has 0 saturated carbocycles. The first-order chi connectivity index (χ1) is 21.1. The summed E-state index contributed by atoms with van der Waals surface area (Å²) in [6.45, 7) is -0.411. The molecule has 44 heavy (non-hydrogen) atoms. The molecule has 1 aromatic heterocycles. The number of nitrogens with one attached hydrogen (secondary N) is 2. The van der Waals surface area contributed by atoms with E-state index in [9.17, 15) is 29.1 Å². The number of imide groups is 1. The van der Waals surface area contributed by atoms with Crippen molar-refractivity contribution >= 4 is 46.7 Å². The lowest BCUT2D eigenvalue weighted by Crippen LogP contribution is -2.66. The Bertz CT molecular complexity index is 1810. The molecular formula is C31H29N6O7+. The molecule has 13 nitrogen and oxygen atoms in total. The number of rotatable bonds is 5. The van der Waals surface area contributed by atoms with E-state index in [2.05, 4.69) is 10.6 Å². The highest BCUT2D eigenvalue weighted by Gasteiger charge is 2.61. The normalized spacial score (nSPS) is 20.5. The van der Waals surface area contributed by atoms with Gasteiger partial charge in [0.15, 0.2) is 0 Å². The number of quaternary nitrogens is 1. The van der Waals surface area contributed by atoms with Gasteiger partial charge in [0.25, 0.3) is 0 Å². The van der Waals surface area contributed by atoms with Gasteiger partial charge >= 0.3 is 30.2 Å². The first-order valence-electron chi connectivity index (χ1n) is 13.8. The summed E-state index contributed by atoms with van der Waals surface area (Å²) >= 11 is 0. The Morgan fingerprint density at radius 2 is 1.52 bits per heavy atom. The smallest absolute Gasteiger partial charge is 0.430 e. The van der Waals surface area contributed by atoms with Gasteiger partial charge in [-0.1, -0.05) is 66.7 Å². The van der Waals surface area contributed by atoms with E-state index in [1.807, 2.05) is 48.5 Å². The van der Waals surface area contributed by atoms with Crippen molar-refractivity contribution in [2.24, 2.45) is 11.5 Å². The molecular weight excluding hydrogens is 568 g/mol. The number of carbonyl (C=O) groups is 5. The van der Waals surface area contributed by atoms with Gasteiger partial charge in [-0.2, -0.15) is 0 Å². The van der Waals surface area contributed by atoms with Crippen LogP contribution in [0.3, 0.4) is 0 Å². The van der Waals surface area contributed by atoms with Crippen LogP contribution in [0.2, 0.25) is 0 Å². The largest absolute Gasteiger partial charge is 0.477 e. The second-order valence-electron chi connectivity index (χ2n) is 10.8. The van der Waals surface area contributed by atoms with Crippen LogP contribution < -0.4 is 22.1 Å². The monoisotopic (exact) mass is 597 g/mol. The molecule has 2 heterocycles. The molecule has 1 aliphatic carbocycles. The molecule has 13 heteroatoms. The number of hydrogen-bond acceptors (Lipinski definition) is 6. The molecule has 1 aliphatic heterocycles. The number of amides is 6. The number of alkyl carbamates (subject to hydrolysis) is 1. The molecule has 0 bridgehead atoms. The van der Waals surface area contributed by atoms with E-state index in [0.29, 0.717) is 10.9 Å². The molecule has 2 aliphatic rings. The third-order valence-electron chi connectivity index (χ3n) is 8.45. The van der Waals surface area contributed by atoms with E-state index in [-0.39, 0.29) is 24.6 Å². The van der Waals surface area contributed by atoms with Gasteiger partial charge in [-0.05, 0) is 28.3 Å². The number of nitrogens with zero attached hydrogens (tertiary/aromatic N) is 2. The summed E-state index contributed by atoms with van der Waals surface area (Å²) in [5, 5.41) is 15.6. The van der Waals surface area contributed by atoms with Gasteiger partial charge in [0, 0.05) is 23.9 Å². The summed E-state index contributed by atoms with van der Waals surface area (Å²) in [5.41, 5.74) is 15.8. The van der Waals surface area contributed by atoms with Crippen LogP contribution in [-0.4, -0.2) is 69.5 Å². The Morgan fingerprint density at radius 1 is 0.909 bits per heavy atom. The van der Waals surface area contributed by atoms with Crippen molar-refractivity contribution < 1.29 is 38.3 Å². The molecule has 224 valence electrons. The lowest BCUT2D eigenvalue weighted by atomic mass is 9.98. The molecule has 0 unspecified atom stereocenters. The van der Waals surface area contributed by atoms with Crippen LogP contribution >= 0.6 is 0 Å². The van der Waals surface area contributed by atoms with Gasteiger partial charge in [0.1, 0.15) is 13.2 Å². The van der Waals surface area contributed by atoms with Crippen LogP contribution in [0.15, 0.2) is 79.0 Å². The van der Waals surface area contributed by atoms with Crippen molar-refractivity contribution in [3.8, 4) is 11.1 Å². The standard InChI is InChI=1S/C31H28N6O7/c32-28(40)36-14-24(22-11-5-6-12-25(22)36)35-30(42)37(29(33)41)15-17(13-26(37)27(38)39)34-31(43)44-16-23-20-9-3-1-7-18(20)19-8-2-4-10-21(19)23/h1-12,14,17,23,26H,13,15-16H2,(H6-,32,33,34,35,38,39,40,41,42,43)/p+1/t17-,26-,37+/m0/s1. The molecule has 3 atom stereocenters. The number of benzene rings is 3. The molecule has 1 saturated heterocycles. The Balaban J connectivity index is 1.20. The summed E-state index contributed by atoms with van der Waals surface area (Å²) in [5.74, 6) is -1.65. The van der Waals surface area contributed by atoms with Gasteiger partial charge in [0.05, 0.1) is 17.2 Å².